The number of aliphatic hydroxyl groups excluding tert-OH is 7. The summed E-state index contributed by atoms with van der Waals surface area (Å²) in [5, 5.41) is 90.7. The maximum atomic E-state index is 13.1. The minimum atomic E-state index is -1.76. The van der Waals surface area contributed by atoms with Crippen molar-refractivity contribution in [1.29, 1.82) is 0 Å². The van der Waals surface area contributed by atoms with Crippen molar-refractivity contribution in [2.75, 3.05) is 19.7 Å². The van der Waals surface area contributed by atoms with E-state index in [0.29, 0.717) is 12.5 Å². The summed E-state index contributed by atoms with van der Waals surface area (Å²) in [6, 6.07) is -3.67. The lowest BCUT2D eigenvalue weighted by Crippen LogP contribution is -2.71. The summed E-state index contributed by atoms with van der Waals surface area (Å²) in [7, 11) is 0. The highest BCUT2D eigenvalue weighted by atomic mass is 16.7. The Morgan fingerprint density at radius 1 is 0.745 bits per heavy atom. The summed E-state index contributed by atoms with van der Waals surface area (Å²) in [5.41, 5.74) is 22.2. The highest BCUT2D eigenvalue weighted by molar-refractivity contribution is 5.86. The molecule has 5 aliphatic rings. The first kappa shape index (κ1) is 37.1. The van der Waals surface area contributed by atoms with Gasteiger partial charge in [-0.2, -0.15) is 0 Å². The molecule has 0 bridgehead atoms. The average molecular weight is 681 g/mol. The third kappa shape index (κ3) is 7.76. The van der Waals surface area contributed by atoms with Crippen LogP contribution < -0.4 is 33.6 Å². The maximum absolute atomic E-state index is 13.1. The zero-order valence-electron chi connectivity index (χ0n) is 26.0. The van der Waals surface area contributed by atoms with Crippen molar-refractivity contribution in [1.82, 2.24) is 10.6 Å². The Kier molecular flexibility index (Phi) is 11.8. The number of rotatable bonds is 11. The smallest absolute Gasteiger partial charge is 0.252 e. The van der Waals surface area contributed by atoms with Crippen LogP contribution in [-0.4, -0.2) is 176 Å². The zero-order valence-corrected chi connectivity index (χ0v) is 26.0. The predicted molar refractivity (Wildman–Crippen MR) is 158 cm³/mol. The van der Waals surface area contributed by atoms with Crippen LogP contribution >= 0.6 is 0 Å². The van der Waals surface area contributed by atoms with Crippen LogP contribution in [0.5, 0.6) is 0 Å². The van der Waals surface area contributed by atoms with Gasteiger partial charge in [0.05, 0.1) is 18.7 Å². The number of hydrogen-bond acceptors (Lipinski definition) is 18. The van der Waals surface area contributed by atoms with E-state index in [9.17, 15) is 45.6 Å². The summed E-state index contributed by atoms with van der Waals surface area (Å²) >= 11 is 0. The molecule has 0 radical (unpaired) electrons. The molecule has 15 atom stereocenters. The third-order valence-electron chi connectivity index (χ3n) is 10.2. The van der Waals surface area contributed by atoms with E-state index in [1.165, 1.54) is 0 Å². The van der Waals surface area contributed by atoms with E-state index in [4.69, 9.17) is 41.9 Å². The Bertz CT molecular complexity index is 1050. The number of ether oxygens (including phenoxy) is 4. The Morgan fingerprint density at radius 2 is 1.36 bits per heavy atom. The molecule has 0 spiro atoms. The molecule has 3 saturated carbocycles. The van der Waals surface area contributed by atoms with Gasteiger partial charge in [-0.05, 0) is 31.7 Å². The first-order chi connectivity index (χ1) is 22.1. The van der Waals surface area contributed by atoms with Crippen molar-refractivity contribution in [3.63, 3.8) is 0 Å². The molecular formula is C28H52N6O13. The van der Waals surface area contributed by atoms with Crippen LogP contribution in [0.25, 0.3) is 0 Å². The van der Waals surface area contributed by atoms with Crippen LogP contribution in [-0.2, 0) is 23.7 Å². The standard InChI is InChI=1S/C28H52N6O13/c29-10-1-9(2-10)6-33-7-14-18(37)20(39)21(40)26(44-14)46-23-12(31)3-13(34-27(42)28(43)4-11(30)5-28)24(22(23)41)47-25-19(38)16(32)17(36)15(8-35)45-25/h9-26,33,35-41,43H,1-8,29-32H2,(H,34,42)/t9?,10?,11?,12-,13+,14+,15+,16-,17+,18+,19+,20-,21+,22-,23?,24-,25+,26+,28?/m0/s1. The summed E-state index contributed by atoms with van der Waals surface area (Å²) in [5.74, 6) is -0.419. The van der Waals surface area contributed by atoms with Crippen LogP contribution in [0, 0.1) is 5.92 Å². The van der Waals surface area contributed by atoms with Gasteiger partial charge in [0, 0.05) is 37.5 Å². The SMILES string of the molecule is NC1CC(CNC[C@H]2O[C@H](OC3[C@@H](N)C[C@@H](NC(=O)C4(O)CC(N)C4)[C@H](O[C@H]4O[C@H](CO)[C@@H](O)[C@H](N)[C@H]4O)[C@H]3O)[C@H](O)[C@@H](O)[C@@H]2O)C1. The maximum Gasteiger partial charge on any atom is 0.252 e. The average Bonchev–Trinajstić information content (AvgIpc) is 2.99. The number of nitrogens with two attached hydrogens (primary N) is 4. The molecule has 19 heteroatoms. The van der Waals surface area contributed by atoms with Gasteiger partial charge in [-0.3, -0.25) is 4.79 Å². The molecule has 1 amide bonds. The molecule has 272 valence electrons. The van der Waals surface area contributed by atoms with Gasteiger partial charge in [0.1, 0.15) is 66.6 Å². The van der Waals surface area contributed by atoms with Gasteiger partial charge < -0.3 is 93.4 Å². The molecule has 0 aromatic carbocycles. The van der Waals surface area contributed by atoms with E-state index >= 15 is 0 Å². The van der Waals surface area contributed by atoms with Gasteiger partial charge in [-0.1, -0.05) is 0 Å². The molecule has 3 aliphatic carbocycles. The first-order valence-corrected chi connectivity index (χ1v) is 16.2. The molecule has 5 rings (SSSR count). The van der Waals surface area contributed by atoms with Gasteiger partial charge in [-0.25, -0.2) is 0 Å². The molecule has 19 nitrogen and oxygen atoms in total. The molecule has 2 heterocycles. The fraction of sp³-hybridized carbons (Fsp3) is 0.964. The molecular weight excluding hydrogens is 628 g/mol. The summed E-state index contributed by atoms with van der Waals surface area (Å²) < 4.78 is 23.3. The fourth-order valence-electron chi connectivity index (χ4n) is 7.15. The number of carbonyl (C=O) groups excluding carboxylic acids is 1. The Balaban J connectivity index is 1.30. The summed E-state index contributed by atoms with van der Waals surface area (Å²) in [6.45, 7) is 0.0437. The Morgan fingerprint density at radius 3 is 1.98 bits per heavy atom. The van der Waals surface area contributed by atoms with Gasteiger partial charge in [0.25, 0.3) is 5.91 Å². The van der Waals surface area contributed by atoms with Gasteiger partial charge in [0.2, 0.25) is 0 Å². The van der Waals surface area contributed by atoms with E-state index in [1.54, 1.807) is 0 Å². The van der Waals surface area contributed by atoms with Crippen LogP contribution in [0.1, 0.15) is 32.1 Å². The molecule has 2 aliphatic heterocycles. The number of nitrogens with one attached hydrogen (secondary N) is 2. The van der Waals surface area contributed by atoms with Crippen molar-refractivity contribution in [3.05, 3.63) is 0 Å². The van der Waals surface area contributed by atoms with E-state index in [-0.39, 0.29) is 37.9 Å². The Hall–Kier alpha value is -1.21. The van der Waals surface area contributed by atoms with E-state index in [2.05, 4.69) is 10.6 Å². The second-order valence-corrected chi connectivity index (χ2v) is 13.9. The Labute approximate surface area is 271 Å². The van der Waals surface area contributed by atoms with Crippen molar-refractivity contribution in [2.45, 2.75) is 142 Å². The molecule has 47 heavy (non-hydrogen) atoms. The first-order valence-electron chi connectivity index (χ1n) is 16.2. The van der Waals surface area contributed by atoms with Crippen molar-refractivity contribution in [2.24, 2.45) is 28.9 Å². The zero-order chi connectivity index (χ0) is 34.4. The second-order valence-electron chi connectivity index (χ2n) is 13.9. The highest BCUT2D eigenvalue weighted by Crippen LogP contribution is 2.35. The number of carbonyl (C=O) groups is 1. The van der Waals surface area contributed by atoms with E-state index < -0.39 is 110 Å². The van der Waals surface area contributed by atoms with Crippen molar-refractivity contribution in [3.8, 4) is 0 Å². The summed E-state index contributed by atoms with van der Waals surface area (Å²) in [4.78, 5) is 13.1. The quantitative estimate of drug-likeness (QED) is 0.0963. The normalized spacial score (nSPS) is 51.9. The highest BCUT2D eigenvalue weighted by Gasteiger charge is 2.54. The van der Waals surface area contributed by atoms with Crippen molar-refractivity contribution < 1.29 is 64.6 Å². The summed E-state index contributed by atoms with van der Waals surface area (Å²) in [6.07, 6.45) is -16.3. The third-order valence-corrected chi connectivity index (χ3v) is 10.2. The number of amides is 1. The minimum Gasteiger partial charge on any atom is -0.394 e. The topological polar surface area (TPSA) is 344 Å². The van der Waals surface area contributed by atoms with Gasteiger partial charge in [-0.15, -0.1) is 0 Å². The molecule has 5 fully saturated rings. The molecule has 0 aromatic heterocycles. The monoisotopic (exact) mass is 680 g/mol. The van der Waals surface area contributed by atoms with Crippen LogP contribution in [0.15, 0.2) is 0 Å². The number of hydrogen-bond donors (Lipinski definition) is 14. The number of aliphatic hydroxyl groups is 8. The largest absolute Gasteiger partial charge is 0.394 e. The lowest BCUT2D eigenvalue weighted by molar-refractivity contribution is -0.333. The van der Waals surface area contributed by atoms with Crippen LogP contribution in [0.3, 0.4) is 0 Å². The van der Waals surface area contributed by atoms with Gasteiger partial charge >= 0.3 is 0 Å². The van der Waals surface area contributed by atoms with Crippen LogP contribution in [0.2, 0.25) is 0 Å². The van der Waals surface area contributed by atoms with Crippen molar-refractivity contribution >= 4 is 5.91 Å². The van der Waals surface area contributed by atoms with Crippen LogP contribution in [0.4, 0.5) is 0 Å². The lowest BCUT2D eigenvalue weighted by atomic mass is 9.75. The molecule has 1 unspecified atom stereocenters. The minimum absolute atomic E-state index is 0.00208. The fourth-order valence-corrected chi connectivity index (χ4v) is 7.15. The lowest BCUT2D eigenvalue weighted by Gasteiger charge is -2.49. The predicted octanol–water partition coefficient (Wildman–Crippen LogP) is -7.91. The molecule has 2 saturated heterocycles. The second kappa shape index (κ2) is 15.0. The van der Waals surface area contributed by atoms with Gasteiger partial charge in [0.15, 0.2) is 12.6 Å². The van der Waals surface area contributed by atoms with E-state index in [1.807, 2.05) is 0 Å². The molecule has 18 N–H and O–H groups in total. The van der Waals surface area contributed by atoms with E-state index in [0.717, 1.165) is 12.8 Å². The molecule has 0 aromatic rings.